The fourth-order valence-corrected chi connectivity index (χ4v) is 0.795. The van der Waals surface area contributed by atoms with Crippen LogP contribution in [0.5, 0.6) is 0 Å². The van der Waals surface area contributed by atoms with Gasteiger partial charge in [-0.2, -0.15) is 0 Å². The van der Waals surface area contributed by atoms with Gasteiger partial charge in [0.2, 0.25) is 0 Å². The fraction of sp³-hybridized carbons (Fsp3) is 0.778. The molecular weight excluding hydrogens is 122 g/mol. The van der Waals surface area contributed by atoms with Crippen LogP contribution in [0.2, 0.25) is 0 Å². The molecule has 0 aliphatic heterocycles. The molecule has 58 valence electrons. The van der Waals surface area contributed by atoms with Gasteiger partial charge in [0, 0.05) is 13.0 Å². The molecule has 0 atom stereocenters. The highest BCUT2D eigenvalue weighted by Gasteiger charge is 1.93. The molecule has 0 aromatic carbocycles. The van der Waals surface area contributed by atoms with Crippen molar-refractivity contribution in [3.63, 3.8) is 0 Å². The van der Waals surface area contributed by atoms with E-state index in [2.05, 4.69) is 24.8 Å². The molecule has 10 heavy (non-hydrogen) atoms. The first-order valence-electron chi connectivity index (χ1n) is 3.93. The van der Waals surface area contributed by atoms with Gasteiger partial charge in [0.05, 0.1) is 0 Å². The Morgan fingerprint density at radius 1 is 1.40 bits per heavy atom. The first-order valence-corrected chi connectivity index (χ1v) is 3.93. The standard InChI is InChI=1S/C9H17N/c1-4-6-8-10(3)9-7-5-2/h1H,5-9H2,2-3H3. The lowest BCUT2D eigenvalue weighted by molar-refractivity contribution is 0.336. The molecule has 0 unspecified atom stereocenters. The zero-order chi connectivity index (χ0) is 7.82. The maximum absolute atomic E-state index is 5.13. The van der Waals surface area contributed by atoms with Crippen LogP contribution in [0.3, 0.4) is 0 Å². The van der Waals surface area contributed by atoms with Gasteiger partial charge >= 0.3 is 0 Å². The molecule has 1 nitrogen and oxygen atoms in total. The Labute approximate surface area is 64.4 Å². The fourth-order valence-electron chi connectivity index (χ4n) is 0.795. The van der Waals surface area contributed by atoms with Crippen molar-refractivity contribution < 1.29 is 0 Å². The first-order chi connectivity index (χ1) is 4.81. The number of hydrogen-bond donors (Lipinski definition) is 0. The topological polar surface area (TPSA) is 3.24 Å². The van der Waals surface area contributed by atoms with Crippen LogP contribution in [0.1, 0.15) is 26.2 Å². The van der Waals surface area contributed by atoms with Crippen LogP contribution in [-0.4, -0.2) is 25.0 Å². The number of hydrogen-bond acceptors (Lipinski definition) is 1. The van der Waals surface area contributed by atoms with Gasteiger partial charge in [-0.05, 0) is 20.0 Å². The molecule has 0 amide bonds. The Morgan fingerprint density at radius 2 is 2.10 bits per heavy atom. The third-order valence-corrected chi connectivity index (χ3v) is 1.53. The van der Waals surface area contributed by atoms with E-state index in [1.54, 1.807) is 0 Å². The maximum atomic E-state index is 5.13. The van der Waals surface area contributed by atoms with Crippen molar-refractivity contribution in [1.82, 2.24) is 4.90 Å². The number of terminal acetylenes is 1. The molecule has 0 saturated carbocycles. The van der Waals surface area contributed by atoms with Gasteiger partial charge in [-0.25, -0.2) is 0 Å². The van der Waals surface area contributed by atoms with Gasteiger partial charge in [-0.3, -0.25) is 0 Å². The molecule has 0 fully saturated rings. The van der Waals surface area contributed by atoms with E-state index in [1.165, 1.54) is 19.4 Å². The van der Waals surface area contributed by atoms with E-state index in [1.807, 2.05) is 0 Å². The molecule has 0 radical (unpaired) electrons. The molecule has 0 spiro atoms. The minimum atomic E-state index is 0.875. The van der Waals surface area contributed by atoms with E-state index >= 15 is 0 Å². The lowest BCUT2D eigenvalue weighted by atomic mass is 10.3. The van der Waals surface area contributed by atoms with Gasteiger partial charge < -0.3 is 4.90 Å². The van der Waals surface area contributed by atoms with Crippen molar-refractivity contribution in [3.05, 3.63) is 0 Å². The molecule has 0 bridgehead atoms. The van der Waals surface area contributed by atoms with E-state index in [0.29, 0.717) is 0 Å². The Bertz CT molecular complexity index is 102. The summed E-state index contributed by atoms with van der Waals surface area (Å²) in [7, 11) is 2.12. The quantitative estimate of drug-likeness (QED) is 0.524. The van der Waals surface area contributed by atoms with Gasteiger partial charge in [0.1, 0.15) is 0 Å². The summed E-state index contributed by atoms with van der Waals surface area (Å²) in [6, 6.07) is 0. The van der Waals surface area contributed by atoms with Crippen LogP contribution < -0.4 is 0 Å². The van der Waals surface area contributed by atoms with Gasteiger partial charge in [0.25, 0.3) is 0 Å². The lowest BCUT2D eigenvalue weighted by Crippen LogP contribution is -2.20. The molecule has 0 aromatic heterocycles. The van der Waals surface area contributed by atoms with E-state index in [4.69, 9.17) is 6.42 Å². The summed E-state index contributed by atoms with van der Waals surface area (Å²) in [5, 5.41) is 0. The molecule has 1 heteroatoms. The molecule has 0 aliphatic carbocycles. The Kier molecular flexibility index (Phi) is 6.32. The monoisotopic (exact) mass is 139 g/mol. The van der Waals surface area contributed by atoms with Crippen molar-refractivity contribution >= 4 is 0 Å². The summed E-state index contributed by atoms with van der Waals surface area (Å²) in [4.78, 5) is 2.28. The Balaban J connectivity index is 3.10. The maximum Gasteiger partial charge on any atom is 0.0214 e. The molecule has 0 aromatic rings. The highest BCUT2D eigenvalue weighted by Crippen LogP contribution is 1.91. The predicted octanol–water partition coefficient (Wildman–Crippen LogP) is 1.74. The molecule has 0 rings (SSSR count). The summed E-state index contributed by atoms with van der Waals surface area (Å²) < 4.78 is 0. The molecule has 0 N–H and O–H groups in total. The van der Waals surface area contributed by atoms with Crippen LogP contribution in [0, 0.1) is 12.3 Å². The van der Waals surface area contributed by atoms with Gasteiger partial charge in [-0.15, -0.1) is 12.3 Å². The van der Waals surface area contributed by atoms with Crippen molar-refractivity contribution in [3.8, 4) is 12.3 Å². The van der Waals surface area contributed by atoms with Crippen LogP contribution in [0.4, 0.5) is 0 Å². The van der Waals surface area contributed by atoms with Crippen molar-refractivity contribution in [1.29, 1.82) is 0 Å². The second-order valence-corrected chi connectivity index (χ2v) is 2.61. The molecule has 0 saturated heterocycles. The molecule has 0 heterocycles. The highest BCUT2D eigenvalue weighted by molar-refractivity contribution is 4.84. The normalized spacial score (nSPS) is 9.80. The van der Waals surface area contributed by atoms with Crippen LogP contribution in [-0.2, 0) is 0 Å². The first kappa shape index (κ1) is 9.52. The van der Waals surface area contributed by atoms with Crippen molar-refractivity contribution in [2.45, 2.75) is 26.2 Å². The highest BCUT2D eigenvalue weighted by atomic mass is 15.1. The second kappa shape index (κ2) is 6.64. The number of rotatable bonds is 5. The van der Waals surface area contributed by atoms with Crippen LogP contribution >= 0.6 is 0 Å². The summed E-state index contributed by atoms with van der Waals surface area (Å²) in [5.41, 5.74) is 0. The van der Waals surface area contributed by atoms with E-state index in [-0.39, 0.29) is 0 Å². The minimum Gasteiger partial charge on any atom is -0.305 e. The Hall–Kier alpha value is -0.480. The third kappa shape index (κ3) is 5.65. The second-order valence-electron chi connectivity index (χ2n) is 2.61. The van der Waals surface area contributed by atoms with E-state index in [0.717, 1.165) is 13.0 Å². The van der Waals surface area contributed by atoms with Gasteiger partial charge in [0.15, 0.2) is 0 Å². The average Bonchev–Trinajstić information content (AvgIpc) is 1.97. The number of unbranched alkanes of at least 4 members (excludes halogenated alkanes) is 1. The largest absolute Gasteiger partial charge is 0.305 e. The summed E-state index contributed by atoms with van der Waals surface area (Å²) in [6.07, 6.45) is 8.55. The van der Waals surface area contributed by atoms with Crippen molar-refractivity contribution in [2.24, 2.45) is 0 Å². The van der Waals surface area contributed by atoms with E-state index < -0.39 is 0 Å². The number of nitrogens with zero attached hydrogens (tertiary/aromatic N) is 1. The summed E-state index contributed by atoms with van der Waals surface area (Å²) >= 11 is 0. The van der Waals surface area contributed by atoms with Crippen molar-refractivity contribution in [2.75, 3.05) is 20.1 Å². The van der Waals surface area contributed by atoms with Gasteiger partial charge in [-0.1, -0.05) is 13.3 Å². The predicted molar refractivity (Wildman–Crippen MR) is 45.9 cm³/mol. The smallest absolute Gasteiger partial charge is 0.0214 e. The van der Waals surface area contributed by atoms with E-state index in [9.17, 15) is 0 Å². The zero-order valence-electron chi connectivity index (χ0n) is 7.06. The molecule has 0 aliphatic rings. The summed E-state index contributed by atoms with van der Waals surface area (Å²) in [5.74, 6) is 2.63. The zero-order valence-corrected chi connectivity index (χ0v) is 7.06. The van der Waals surface area contributed by atoms with Crippen LogP contribution in [0.15, 0.2) is 0 Å². The third-order valence-electron chi connectivity index (χ3n) is 1.53. The Morgan fingerprint density at radius 3 is 2.60 bits per heavy atom. The lowest BCUT2D eigenvalue weighted by Gasteiger charge is -2.13. The summed E-state index contributed by atoms with van der Waals surface area (Å²) in [6.45, 7) is 4.42. The molecular formula is C9H17N. The average molecular weight is 139 g/mol. The SMILES string of the molecule is C#CCCN(C)CCCC. The van der Waals surface area contributed by atoms with Crippen LogP contribution in [0.25, 0.3) is 0 Å². The minimum absolute atomic E-state index is 0.875.